The number of nitrogens with zero attached hydrogens (tertiary/aromatic N) is 2. The molecule has 0 fully saturated rings. The number of aromatic nitrogens is 2. The zero-order valence-electron chi connectivity index (χ0n) is 13.0. The van der Waals surface area contributed by atoms with Gasteiger partial charge in [0.15, 0.2) is 6.10 Å². The van der Waals surface area contributed by atoms with E-state index in [9.17, 15) is 13.2 Å². The first kappa shape index (κ1) is 16.9. The molecule has 0 saturated heterocycles. The SMILES string of the molecule is Cc1cc(C)nc(OC(C)C(=O)NS(=O)(=O)c2ccccc2)n1. The van der Waals surface area contributed by atoms with Crippen LogP contribution in [0.15, 0.2) is 41.3 Å². The van der Waals surface area contributed by atoms with E-state index < -0.39 is 22.0 Å². The second-order valence-corrected chi connectivity index (χ2v) is 6.66. The highest BCUT2D eigenvalue weighted by Crippen LogP contribution is 2.10. The van der Waals surface area contributed by atoms with Gasteiger partial charge in [-0.15, -0.1) is 0 Å². The molecule has 1 N–H and O–H groups in total. The van der Waals surface area contributed by atoms with Crippen LogP contribution in [-0.4, -0.2) is 30.4 Å². The van der Waals surface area contributed by atoms with Gasteiger partial charge >= 0.3 is 6.01 Å². The normalized spacial score (nSPS) is 12.5. The molecule has 0 saturated carbocycles. The first-order valence-electron chi connectivity index (χ1n) is 6.88. The molecule has 0 aliphatic rings. The highest BCUT2D eigenvalue weighted by Gasteiger charge is 2.23. The van der Waals surface area contributed by atoms with Crippen LogP contribution in [0.4, 0.5) is 0 Å². The van der Waals surface area contributed by atoms with Gasteiger partial charge in [-0.1, -0.05) is 18.2 Å². The largest absolute Gasteiger partial charge is 0.450 e. The molecule has 2 aromatic rings. The topological polar surface area (TPSA) is 98.2 Å². The predicted molar refractivity (Wildman–Crippen MR) is 83.4 cm³/mol. The maximum Gasteiger partial charge on any atom is 0.317 e. The third-order valence-corrected chi connectivity index (χ3v) is 4.26. The lowest BCUT2D eigenvalue weighted by Crippen LogP contribution is -2.40. The summed E-state index contributed by atoms with van der Waals surface area (Å²) in [6.45, 7) is 4.97. The fourth-order valence-corrected chi connectivity index (χ4v) is 2.90. The fourth-order valence-electron chi connectivity index (χ4n) is 1.83. The van der Waals surface area contributed by atoms with Crippen LogP contribution in [0.1, 0.15) is 18.3 Å². The summed E-state index contributed by atoms with van der Waals surface area (Å²) in [5.41, 5.74) is 1.38. The second kappa shape index (κ2) is 6.74. The van der Waals surface area contributed by atoms with Gasteiger partial charge in [-0.25, -0.2) is 23.1 Å². The van der Waals surface area contributed by atoms with Crippen molar-refractivity contribution in [2.24, 2.45) is 0 Å². The molecule has 23 heavy (non-hydrogen) atoms. The summed E-state index contributed by atoms with van der Waals surface area (Å²) in [4.78, 5) is 20.1. The standard InChI is InChI=1S/C15H17N3O4S/c1-10-9-11(2)17-15(16-10)22-12(3)14(19)18-23(20,21)13-7-5-4-6-8-13/h4-9,12H,1-3H3,(H,18,19). The third kappa shape index (κ3) is 4.49. The molecule has 122 valence electrons. The highest BCUT2D eigenvalue weighted by molar-refractivity contribution is 7.90. The number of sulfonamides is 1. The number of hydrogen-bond acceptors (Lipinski definition) is 6. The molecule has 0 bridgehead atoms. The Hall–Kier alpha value is -2.48. The van der Waals surface area contributed by atoms with Gasteiger partial charge in [0, 0.05) is 11.4 Å². The summed E-state index contributed by atoms with van der Waals surface area (Å²) >= 11 is 0. The van der Waals surface area contributed by atoms with E-state index in [1.54, 1.807) is 38.1 Å². The Morgan fingerprint density at radius 3 is 2.26 bits per heavy atom. The zero-order valence-corrected chi connectivity index (χ0v) is 13.8. The lowest BCUT2D eigenvalue weighted by Gasteiger charge is -2.14. The molecule has 8 heteroatoms. The van der Waals surface area contributed by atoms with Crippen LogP contribution >= 0.6 is 0 Å². The molecule has 1 amide bonds. The van der Waals surface area contributed by atoms with Gasteiger partial charge in [0.2, 0.25) is 0 Å². The summed E-state index contributed by atoms with van der Waals surface area (Å²) in [6.07, 6.45) is -1.06. The van der Waals surface area contributed by atoms with Gasteiger partial charge in [0.05, 0.1) is 4.90 Å². The van der Waals surface area contributed by atoms with Gasteiger partial charge in [-0.3, -0.25) is 4.79 Å². The molecule has 0 aliphatic heterocycles. The smallest absolute Gasteiger partial charge is 0.317 e. The first-order valence-corrected chi connectivity index (χ1v) is 8.37. The molecule has 1 aromatic heterocycles. The summed E-state index contributed by atoms with van der Waals surface area (Å²) in [6, 6.07) is 9.41. The first-order chi connectivity index (χ1) is 10.8. The van der Waals surface area contributed by atoms with Gasteiger partial charge in [-0.05, 0) is 39.0 Å². The Morgan fingerprint density at radius 1 is 1.13 bits per heavy atom. The molecular formula is C15H17N3O4S. The van der Waals surface area contributed by atoms with Crippen LogP contribution in [0.5, 0.6) is 6.01 Å². The molecule has 1 unspecified atom stereocenters. The molecule has 1 atom stereocenters. The Kier molecular flexibility index (Phi) is 4.95. The number of aryl methyl sites for hydroxylation is 2. The maximum absolute atomic E-state index is 12.1. The van der Waals surface area contributed by atoms with Gasteiger partial charge in [-0.2, -0.15) is 0 Å². The van der Waals surface area contributed by atoms with E-state index in [-0.39, 0.29) is 10.9 Å². The number of carbonyl (C=O) groups is 1. The molecule has 0 radical (unpaired) electrons. The summed E-state index contributed by atoms with van der Waals surface area (Å²) in [5, 5.41) is 0. The molecule has 0 spiro atoms. The van der Waals surface area contributed by atoms with E-state index in [4.69, 9.17) is 4.74 Å². The quantitative estimate of drug-likeness (QED) is 0.886. The Morgan fingerprint density at radius 2 is 1.70 bits per heavy atom. The summed E-state index contributed by atoms with van der Waals surface area (Å²) in [7, 11) is -3.93. The highest BCUT2D eigenvalue weighted by atomic mass is 32.2. The minimum atomic E-state index is -3.93. The van der Waals surface area contributed by atoms with Crippen LogP contribution < -0.4 is 9.46 Å². The number of hydrogen-bond donors (Lipinski definition) is 1. The van der Waals surface area contributed by atoms with E-state index in [1.807, 2.05) is 4.72 Å². The molecule has 2 rings (SSSR count). The van der Waals surface area contributed by atoms with Crippen molar-refractivity contribution in [3.63, 3.8) is 0 Å². The van der Waals surface area contributed by atoms with Gasteiger partial charge in [0.1, 0.15) is 0 Å². The Labute approximate surface area is 134 Å². The van der Waals surface area contributed by atoms with Crippen LogP contribution in [0.25, 0.3) is 0 Å². The second-order valence-electron chi connectivity index (χ2n) is 4.98. The van der Waals surface area contributed by atoms with E-state index in [0.717, 1.165) is 0 Å². The minimum Gasteiger partial charge on any atom is -0.450 e. The average Bonchev–Trinajstić information content (AvgIpc) is 2.46. The lowest BCUT2D eigenvalue weighted by molar-refractivity contribution is -0.125. The molecule has 0 aliphatic carbocycles. The zero-order chi connectivity index (χ0) is 17.0. The number of ether oxygens (including phenoxy) is 1. The van der Waals surface area contributed by atoms with Crippen LogP contribution in [0.2, 0.25) is 0 Å². The molecular weight excluding hydrogens is 318 g/mol. The number of rotatable bonds is 5. The Bertz CT molecular complexity index is 786. The molecule has 1 aromatic carbocycles. The summed E-state index contributed by atoms with van der Waals surface area (Å²) in [5.74, 6) is -0.795. The molecule has 7 nitrogen and oxygen atoms in total. The molecule has 1 heterocycles. The lowest BCUT2D eigenvalue weighted by atomic mass is 10.3. The average molecular weight is 335 g/mol. The van der Waals surface area contributed by atoms with E-state index in [0.29, 0.717) is 11.4 Å². The fraction of sp³-hybridized carbons (Fsp3) is 0.267. The predicted octanol–water partition coefficient (Wildman–Crippen LogP) is 1.37. The van der Waals surface area contributed by atoms with Crippen LogP contribution in [0, 0.1) is 13.8 Å². The number of carbonyl (C=O) groups excluding carboxylic acids is 1. The van der Waals surface area contributed by atoms with E-state index >= 15 is 0 Å². The summed E-state index contributed by atoms with van der Waals surface area (Å²) < 4.78 is 31.5. The van der Waals surface area contributed by atoms with E-state index in [1.165, 1.54) is 19.1 Å². The number of nitrogens with one attached hydrogen (secondary N) is 1. The minimum absolute atomic E-state index is 0.00296. The number of benzene rings is 1. The Balaban J connectivity index is 2.08. The van der Waals surface area contributed by atoms with Gasteiger partial charge < -0.3 is 4.74 Å². The van der Waals surface area contributed by atoms with Crippen molar-refractivity contribution in [2.45, 2.75) is 31.8 Å². The van der Waals surface area contributed by atoms with Crippen LogP contribution in [-0.2, 0) is 14.8 Å². The van der Waals surface area contributed by atoms with E-state index in [2.05, 4.69) is 9.97 Å². The van der Waals surface area contributed by atoms with Crippen molar-refractivity contribution in [1.29, 1.82) is 0 Å². The third-order valence-electron chi connectivity index (χ3n) is 2.90. The maximum atomic E-state index is 12.1. The monoisotopic (exact) mass is 335 g/mol. The van der Waals surface area contributed by atoms with Crippen molar-refractivity contribution in [1.82, 2.24) is 14.7 Å². The van der Waals surface area contributed by atoms with Crippen molar-refractivity contribution >= 4 is 15.9 Å². The van der Waals surface area contributed by atoms with Crippen molar-refractivity contribution < 1.29 is 17.9 Å². The van der Waals surface area contributed by atoms with Gasteiger partial charge in [0.25, 0.3) is 15.9 Å². The number of amides is 1. The van der Waals surface area contributed by atoms with Crippen LogP contribution in [0.3, 0.4) is 0 Å². The van der Waals surface area contributed by atoms with Crippen molar-refractivity contribution in [3.8, 4) is 6.01 Å². The van der Waals surface area contributed by atoms with Crippen molar-refractivity contribution in [2.75, 3.05) is 0 Å². The van der Waals surface area contributed by atoms with Crippen molar-refractivity contribution in [3.05, 3.63) is 47.8 Å².